The van der Waals surface area contributed by atoms with Gasteiger partial charge in [0.15, 0.2) is 0 Å². The van der Waals surface area contributed by atoms with E-state index >= 15 is 0 Å². The molecule has 2 aromatic carbocycles. The van der Waals surface area contributed by atoms with E-state index < -0.39 is 0 Å². The minimum atomic E-state index is 0.858. The van der Waals surface area contributed by atoms with Crippen LogP contribution in [0.5, 0.6) is 0 Å². The van der Waals surface area contributed by atoms with Crippen LogP contribution in [0.25, 0.3) is 5.69 Å². The van der Waals surface area contributed by atoms with Crippen molar-refractivity contribution in [3.8, 4) is 5.69 Å². The van der Waals surface area contributed by atoms with Crippen molar-refractivity contribution in [3.05, 3.63) is 90.3 Å². The van der Waals surface area contributed by atoms with E-state index in [4.69, 9.17) is 0 Å². The van der Waals surface area contributed by atoms with E-state index in [2.05, 4.69) is 76.7 Å². The molecule has 100 valence electrons. The van der Waals surface area contributed by atoms with Crippen molar-refractivity contribution in [2.45, 2.75) is 13.1 Å². The van der Waals surface area contributed by atoms with Gasteiger partial charge in [0, 0.05) is 30.7 Å². The summed E-state index contributed by atoms with van der Waals surface area (Å²) in [5.41, 5.74) is 3.78. The second-order valence-corrected chi connectivity index (χ2v) is 4.79. The molecule has 3 rings (SSSR count). The predicted octanol–water partition coefficient (Wildman–Crippen LogP) is 3.77. The molecule has 0 aliphatic rings. The second kappa shape index (κ2) is 6.22. The van der Waals surface area contributed by atoms with Gasteiger partial charge in [-0.15, -0.1) is 0 Å². The van der Waals surface area contributed by atoms with Crippen LogP contribution in [-0.2, 0) is 13.1 Å². The lowest BCUT2D eigenvalue weighted by atomic mass is 10.2. The van der Waals surface area contributed by atoms with Gasteiger partial charge in [0.05, 0.1) is 0 Å². The van der Waals surface area contributed by atoms with Gasteiger partial charge in [0.25, 0.3) is 0 Å². The minimum Gasteiger partial charge on any atom is -0.320 e. The zero-order valence-corrected chi connectivity index (χ0v) is 11.4. The number of nitrogens with one attached hydrogen (secondary N) is 1. The Morgan fingerprint density at radius 1 is 0.700 bits per heavy atom. The van der Waals surface area contributed by atoms with Crippen LogP contribution in [0.3, 0.4) is 0 Å². The molecule has 0 aliphatic heterocycles. The molecule has 1 N–H and O–H groups in total. The molecule has 0 saturated carbocycles. The molecule has 3 aromatic rings. The first kappa shape index (κ1) is 12.7. The SMILES string of the molecule is c1ccc(CNCc2cccn2-c2ccccc2)cc1. The smallest absolute Gasteiger partial charge is 0.0452 e. The Bertz CT molecular complexity index is 641. The number of aromatic nitrogens is 1. The number of hydrogen-bond donors (Lipinski definition) is 1. The van der Waals surface area contributed by atoms with Crippen molar-refractivity contribution in [3.63, 3.8) is 0 Å². The van der Waals surface area contributed by atoms with Gasteiger partial charge in [-0.05, 0) is 29.8 Å². The normalized spacial score (nSPS) is 10.6. The Hall–Kier alpha value is -2.32. The molecule has 0 aliphatic carbocycles. The van der Waals surface area contributed by atoms with E-state index in [1.807, 2.05) is 12.1 Å². The van der Waals surface area contributed by atoms with Gasteiger partial charge in [0.2, 0.25) is 0 Å². The highest BCUT2D eigenvalue weighted by atomic mass is 15.0. The van der Waals surface area contributed by atoms with Gasteiger partial charge in [-0.3, -0.25) is 0 Å². The topological polar surface area (TPSA) is 17.0 Å². The zero-order chi connectivity index (χ0) is 13.6. The van der Waals surface area contributed by atoms with Crippen LogP contribution in [0.15, 0.2) is 79.0 Å². The van der Waals surface area contributed by atoms with Gasteiger partial charge in [0.1, 0.15) is 0 Å². The lowest BCUT2D eigenvalue weighted by Gasteiger charge is -2.10. The van der Waals surface area contributed by atoms with Crippen LogP contribution in [0.1, 0.15) is 11.3 Å². The van der Waals surface area contributed by atoms with Crippen LogP contribution in [0, 0.1) is 0 Å². The summed E-state index contributed by atoms with van der Waals surface area (Å²) in [5.74, 6) is 0. The number of para-hydroxylation sites is 1. The molecule has 0 atom stereocenters. The third-order valence-corrected chi connectivity index (χ3v) is 3.35. The molecule has 1 heterocycles. The molecule has 20 heavy (non-hydrogen) atoms. The van der Waals surface area contributed by atoms with E-state index in [1.54, 1.807) is 0 Å². The zero-order valence-electron chi connectivity index (χ0n) is 11.4. The Balaban J connectivity index is 1.66. The molecular weight excluding hydrogens is 244 g/mol. The van der Waals surface area contributed by atoms with Crippen LogP contribution >= 0.6 is 0 Å². The van der Waals surface area contributed by atoms with Crippen LogP contribution < -0.4 is 5.32 Å². The van der Waals surface area contributed by atoms with Gasteiger partial charge < -0.3 is 9.88 Å². The third-order valence-electron chi connectivity index (χ3n) is 3.35. The van der Waals surface area contributed by atoms with Crippen molar-refractivity contribution in [2.24, 2.45) is 0 Å². The van der Waals surface area contributed by atoms with Crippen molar-refractivity contribution < 1.29 is 0 Å². The highest BCUT2D eigenvalue weighted by Gasteiger charge is 2.02. The van der Waals surface area contributed by atoms with Crippen molar-refractivity contribution in [1.82, 2.24) is 9.88 Å². The lowest BCUT2D eigenvalue weighted by Crippen LogP contribution is -2.15. The summed E-state index contributed by atoms with van der Waals surface area (Å²) < 4.78 is 2.22. The van der Waals surface area contributed by atoms with E-state index in [0.717, 1.165) is 13.1 Å². The first-order valence-corrected chi connectivity index (χ1v) is 6.90. The van der Waals surface area contributed by atoms with Gasteiger partial charge >= 0.3 is 0 Å². The Morgan fingerprint density at radius 2 is 1.40 bits per heavy atom. The fraction of sp³-hybridized carbons (Fsp3) is 0.111. The Labute approximate surface area is 119 Å². The average molecular weight is 262 g/mol. The fourth-order valence-corrected chi connectivity index (χ4v) is 2.33. The van der Waals surface area contributed by atoms with E-state index in [0.29, 0.717) is 0 Å². The Kier molecular flexibility index (Phi) is 3.95. The largest absolute Gasteiger partial charge is 0.320 e. The molecule has 0 spiro atoms. The number of hydrogen-bond acceptors (Lipinski definition) is 1. The number of benzene rings is 2. The van der Waals surface area contributed by atoms with E-state index in [-0.39, 0.29) is 0 Å². The van der Waals surface area contributed by atoms with E-state index in [9.17, 15) is 0 Å². The molecule has 0 bridgehead atoms. The summed E-state index contributed by atoms with van der Waals surface area (Å²) in [4.78, 5) is 0. The highest BCUT2D eigenvalue weighted by Crippen LogP contribution is 2.12. The van der Waals surface area contributed by atoms with Gasteiger partial charge in [-0.1, -0.05) is 48.5 Å². The first-order valence-electron chi connectivity index (χ1n) is 6.90. The number of nitrogens with zero attached hydrogens (tertiary/aromatic N) is 1. The third kappa shape index (κ3) is 2.98. The summed E-state index contributed by atoms with van der Waals surface area (Å²) in [6.07, 6.45) is 2.11. The van der Waals surface area contributed by atoms with Crippen molar-refractivity contribution >= 4 is 0 Å². The maximum absolute atomic E-state index is 3.49. The predicted molar refractivity (Wildman–Crippen MR) is 82.8 cm³/mol. The molecular formula is C18H18N2. The lowest BCUT2D eigenvalue weighted by molar-refractivity contribution is 0.669. The molecule has 0 fully saturated rings. The number of rotatable bonds is 5. The fourth-order valence-electron chi connectivity index (χ4n) is 2.33. The molecule has 0 saturated heterocycles. The maximum Gasteiger partial charge on any atom is 0.0452 e. The average Bonchev–Trinajstić information content (AvgIpc) is 2.98. The van der Waals surface area contributed by atoms with Crippen LogP contribution in [0.4, 0.5) is 0 Å². The van der Waals surface area contributed by atoms with Gasteiger partial charge in [-0.2, -0.15) is 0 Å². The molecule has 0 unspecified atom stereocenters. The first-order chi connectivity index (χ1) is 9.93. The van der Waals surface area contributed by atoms with E-state index in [1.165, 1.54) is 16.9 Å². The molecule has 2 heteroatoms. The summed E-state index contributed by atoms with van der Waals surface area (Å²) in [7, 11) is 0. The van der Waals surface area contributed by atoms with Gasteiger partial charge in [-0.25, -0.2) is 0 Å². The molecule has 2 nitrogen and oxygen atoms in total. The monoisotopic (exact) mass is 262 g/mol. The highest BCUT2D eigenvalue weighted by molar-refractivity contribution is 5.34. The maximum atomic E-state index is 3.49. The molecule has 1 aromatic heterocycles. The summed E-state index contributed by atoms with van der Waals surface area (Å²) in [6, 6.07) is 25.1. The Morgan fingerprint density at radius 3 is 2.15 bits per heavy atom. The van der Waals surface area contributed by atoms with Crippen LogP contribution in [0.2, 0.25) is 0 Å². The van der Waals surface area contributed by atoms with Crippen molar-refractivity contribution in [1.29, 1.82) is 0 Å². The standard InChI is InChI=1S/C18H18N2/c1-3-8-16(9-4-1)14-19-15-18-12-7-13-20(18)17-10-5-2-6-11-17/h1-13,19H,14-15H2. The molecule has 0 radical (unpaired) electrons. The minimum absolute atomic E-state index is 0.858. The quantitative estimate of drug-likeness (QED) is 0.740. The van der Waals surface area contributed by atoms with Crippen molar-refractivity contribution in [2.75, 3.05) is 0 Å². The second-order valence-electron chi connectivity index (χ2n) is 4.79. The summed E-state index contributed by atoms with van der Waals surface area (Å²) in [6.45, 7) is 1.75. The van der Waals surface area contributed by atoms with Crippen LogP contribution in [-0.4, -0.2) is 4.57 Å². The summed E-state index contributed by atoms with van der Waals surface area (Å²) in [5, 5.41) is 3.49. The molecule has 0 amide bonds. The summed E-state index contributed by atoms with van der Waals surface area (Å²) >= 11 is 0.